The lowest BCUT2D eigenvalue weighted by atomic mass is 10.1. The third kappa shape index (κ3) is 3.76. The number of fused-ring (bicyclic) bond motifs is 1. The first-order chi connectivity index (χ1) is 13.1. The highest BCUT2D eigenvalue weighted by Crippen LogP contribution is 2.27. The zero-order valence-electron chi connectivity index (χ0n) is 16.4. The van der Waals surface area contributed by atoms with Crippen LogP contribution in [0.5, 0.6) is 0 Å². The summed E-state index contributed by atoms with van der Waals surface area (Å²) in [5, 5.41) is 4.66. The van der Waals surface area contributed by atoms with Crippen LogP contribution in [0, 0.1) is 6.92 Å². The van der Waals surface area contributed by atoms with Crippen molar-refractivity contribution in [3.8, 4) is 0 Å². The number of anilines is 2. The standard InChI is InChI=1S/C21H28N6/c1-15-13-17-19(22-14-18(26(2)3)16-9-5-4-6-10-16)24-21(25-20(17)23-15)27-11-7-8-12-27/h4-6,9-10,13,18H,7-8,11-12,14H2,1-3H3,(H2,22,23,24,25). The maximum Gasteiger partial charge on any atom is 0.229 e. The van der Waals surface area contributed by atoms with E-state index in [4.69, 9.17) is 9.97 Å². The van der Waals surface area contributed by atoms with Gasteiger partial charge in [0.2, 0.25) is 5.95 Å². The van der Waals surface area contributed by atoms with Crippen LogP contribution in [0.25, 0.3) is 11.0 Å². The predicted octanol–water partition coefficient (Wildman–Crippen LogP) is 3.58. The van der Waals surface area contributed by atoms with E-state index in [1.54, 1.807) is 0 Å². The first kappa shape index (κ1) is 17.8. The van der Waals surface area contributed by atoms with Gasteiger partial charge in [-0.3, -0.25) is 0 Å². The molecule has 1 unspecified atom stereocenters. The van der Waals surface area contributed by atoms with Crippen LogP contribution in [0.3, 0.4) is 0 Å². The second kappa shape index (κ2) is 7.56. The van der Waals surface area contributed by atoms with Crippen LogP contribution >= 0.6 is 0 Å². The zero-order valence-corrected chi connectivity index (χ0v) is 16.4. The molecule has 0 spiro atoms. The number of benzene rings is 1. The lowest BCUT2D eigenvalue weighted by Crippen LogP contribution is -2.27. The van der Waals surface area contributed by atoms with Gasteiger partial charge < -0.3 is 20.1 Å². The number of aromatic nitrogens is 3. The summed E-state index contributed by atoms with van der Waals surface area (Å²) in [6, 6.07) is 13.0. The number of likely N-dealkylation sites (N-methyl/N-ethyl adjacent to an activating group) is 1. The van der Waals surface area contributed by atoms with Crippen LogP contribution < -0.4 is 10.2 Å². The van der Waals surface area contributed by atoms with E-state index in [1.807, 2.05) is 0 Å². The summed E-state index contributed by atoms with van der Waals surface area (Å²) in [4.78, 5) is 17.6. The second-order valence-corrected chi connectivity index (χ2v) is 7.55. The average Bonchev–Trinajstić information content (AvgIpc) is 3.31. The Morgan fingerprint density at radius 1 is 1.15 bits per heavy atom. The molecule has 1 aliphatic heterocycles. The van der Waals surface area contributed by atoms with Gasteiger partial charge >= 0.3 is 0 Å². The van der Waals surface area contributed by atoms with Crippen LogP contribution in [-0.4, -0.2) is 53.6 Å². The summed E-state index contributed by atoms with van der Waals surface area (Å²) in [6.45, 7) is 4.92. The number of nitrogens with one attached hydrogen (secondary N) is 2. The predicted molar refractivity (Wildman–Crippen MR) is 111 cm³/mol. The number of hydrogen-bond donors (Lipinski definition) is 2. The highest BCUT2D eigenvalue weighted by Gasteiger charge is 2.20. The Kier molecular flexibility index (Phi) is 4.99. The van der Waals surface area contributed by atoms with Crippen molar-refractivity contribution in [2.24, 2.45) is 0 Å². The van der Waals surface area contributed by atoms with Gasteiger partial charge in [-0.1, -0.05) is 30.3 Å². The van der Waals surface area contributed by atoms with Gasteiger partial charge in [0.25, 0.3) is 0 Å². The molecule has 2 aromatic heterocycles. The normalized spacial score (nSPS) is 15.6. The van der Waals surface area contributed by atoms with Crippen molar-refractivity contribution in [2.75, 3.05) is 43.9 Å². The van der Waals surface area contributed by atoms with Crippen LogP contribution in [0.1, 0.15) is 30.1 Å². The fourth-order valence-corrected chi connectivity index (χ4v) is 3.79. The molecule has 1 fully saturated rings. The van der Waals surface area contributed by atoms with E-state index < -0.39 is 0 Å². The average molecular weight is 364 g/mol. The molecule has 27 heavy (non-hydrogen) atoms. The van der Waals surface area contributed by atoms with Crippen molar-refractivity contribution in [2.45, 2.75) is 25.8 Å². The molecule has 0 bridgehead atoms. The fraction of sp³-hybridized carbons (Fsp3) is 0.429. The first-order valence-corrected chi connectivity index (χ1v) is 9.69. The smallest absolute Gasteiger partial charge is 0.229 e. The van der Waals surface area contributed by atoms with Gasteiger partial charge in [-0.2, -0.15) is 9.97 Å². The van der Waals surface area contributed by atoms with Crippen molar-refractivity contribution < 1.29 is 0 Å². The summed E-state index contributed by atoms with van der Waals surface area (Å²) >= 11 is 0. The maximum atomic E-state index is 4.89. The van der Waals surface area contributed by atoms with E-state index in [0.717, 1.165) is 48.1 Å². The monoisotopic (exact) mass is 364 g/mol. The maximum absolute atomic E-state index is 4.89. The minimum atomic E-state index is 0.270. The lowest BCUT2D eigenvalue weighted by molar-refractivity contribution is 0.311. The van der Waals surface area contributed by atoms with E-state index in [0.29, 0.717) is 0 Å². The Morgan fingerprint density at radius 2 is 1.89 bits per heavy atom. The van der Waals surface area contributed by atoms with Gasteiger partial charge in [0.05, 0.1) is 11.4 Å². The molecule has 1 aromatic carbocycles. The molecule has 2 N–H and O–H groups in total. The first-order valence-electron chi connectivity index (χ1n) is 9.69. The van der Waals surface area contributed by atoms with E-state index >= 15 is 0 Å². The molecular formula is C21H28N6. The molecule has 0 saturated carbocycles. The molecule has 1 aliphatic rings. The summed E-state index contributed by atoms with van der Waals surface area (Å²) < 4.78 is 0. The SMILES string of the molecule is Cc1cc2c(NCC(c3ccccc3)N(C)C)nc(N3CCCC3)nc2[nH]1. The van der Waals surface area contributed by atoms with Gasteiger partial charge in [0.1, 0.15) is 11.5 Å². The van der Waals surface area contributed by atoms with Crippen molar-refractivity contribution >= 4 is 22.8 Å². The van der Waals surface area contributed by atoms with Gasteiger partial charge in [-0.15, -0.1) is 0 Å². The number of H-pyrrole nitrogens is 1. The van der Waals surface area contributed by atoms with Gasteiger partial charge in [-0.25, -0.2) is 0 Å². The van der Waals surface area contributed by atoms with Gasteiger partial charge in [0, 0.05) is 25.3 Å². The fourth-order valence-electron chi connectivity index (χ4n) is 3.79. The van der Waals surface area contributed by atoms with Gasteiger partial charge in [0.15, 0.2) is 0 Å². The van der Waals surface area contributed by atoms with E-state index in [1.165, 1.54) is 18.4 Å². The Balaban J connectivity index is 1.63. The van der Waals surface area contributed by atoms with E-state index in [9.17, 15) is 0 Å². The topological polar surface area (TPSA) is 60.1 Å². The molecular weight excluding hydrogens is 336 g/mol. The van der Waals surface area contributed by atoms with Crippen molar-refractivity contribution in [3.05, 3.63) is 47.7 Å². The Bertz CT molecular complexity index is 896. The molecule has 0 amide bonds. The Hall–Kier alpha value is -2.60. The van der Waals surface area contributed by atoms with Crippen molar-refractivity contribution in [1.29, 1.82) is 0 Å². The van der Waals surface area contributed by atoms with Crippen molar-refractivity contribution in [1.82, 2.24) is 19.9 Å². The number of nitrogens with zero attached hydrogens (tertiary/aromatic N) is 4. The minimum Gasteiger partial charge on any atom is -0.367 e. The molecule has 4 rings (SSSR count). The molecule has 1 saturated heterocycles. The number of hydrogen-bond acceptors (Lipinski definition) is 5. The second-order valence-electron chi connectivity index (χ2n) is 7.55. The molecule has 6 nitrogen and oxygen atoms in total. The summed E-state index contributed by atoms with van der Waals surface area (Å²) in [5.74, 6) is 1.74. The summed E-state index contributed by atoms with van der Waals surface area (Å²) in [5.41, 5.74) is 3.31. The van der Waals surface area contributed by atoms with Crippen LogP contribution in [0.15, 0.2) is 36.4 Å². The lowest BCUT2D eigenvalue weighted by Gasteiger charge is -2.25. The van der Waals surface area contributed by atoms with Gasteiger partial charge in [-0.05, 0) is 45.5 Å². The Labute approximate surface area is 160 Å². The Morgan fingerprint density at radius 3 is 2.59 bits per heavy atom. The largest absolute Gasteiger partial charge is 0.367 e. The summed E-state index contributed by atoms with van der Waals surface area (Å²) in [7, 11) is 4.23. The molecule has 6 heteroatoms. The number of aromatic amines is 1. The molecule has 142 valence electrons. The highest BCUT2D eigenvalue weighted by molar-refractivity contribution is 5.89. The molecule has 0 aliphatic carbocycles. The molecule has 3 heterocycles. The highest BCUT2D eigenvalue weighted by atomic mass is 15.3. The van der Waals surface area contributed by atoms with Crippen LogP contribution in [-0.2, 0) is 0 Å². The third-order valence-corrected chi connectivity index (χ3v) is 5.27. The third-order valence-electron chi connectivity index (χ3n) is 5.27. The molecule has 0 radical (unpaired) electrons. The molecule has 3 aromatic rings. The van der Waals surface area contributed by atoms with Crippen LogP contribution in [0.2, 0.25) is 0 Å². The minimum absolute atomic E-state index is 0.270. The van der Waals surface area contributed by atoms with Crippen LogP contribution in [0.4, 0.5) is 11.8 Å². The number of aryl methyl sites for hydroxylation is 1. The zero-order chi connectivity index (χ0) is 18.8. The molecule has 1 atom stereocenters. The van der Waals surface area contributed by atoms with E-state index in [2.05, 4.69) is 77.5 Å². The van der Waals surface area contributed by atoms with E-state index in [-0.39, 0.29) is 6.04 Å². The number of rotatable bonds is 6. The quantitative estimate of drug-likeness (QED) is 0.700. The summed E-state index contributed by atoms with van der Waals surface area (Å²) in [6.07, 6.45) is 2.43. The van der Waals surface area contributed by atoms with Crippen molar-refractivity contribution in [3.63, 3.8) is 0 Å².